The van der Waals surface area contributed by atoms with Gasteiger partial charge in [0.05, 0.1) is 13.2 Å². The quantitative estimate of drug-likeness (QED) is 0.743. The van der Waals surface area contributed by atoms with Crippen LogP contribution in [0, 0.1) is 0 Å². The SMILES string of the molecule is COCCc1ccc(OCC(O)COC)cc1. The first-order valence-corrected chi connectivity index (χ1v) is 5.64. The highest BCUT2D eigenvalue weighted by Gasteiger charge is 2.04. The van der Waals surface area contributed by atoms with Crippen molar-refractivity contribution in [2.45, 2.75) is 12.5 Å². The van der Waals surface area contributed by atoms with Crippen molar-refractivity contribution in [3.05, 3.63) is 29.8 Å². The maximum absolute atomic E-state index is 9.41. The van der Waals surface area contributed by atoms with Crippen LogP contribution in [0.2, 0.25) is 0 Å². The van der Waals surface area contributed by atoms with Crippen LogP contribution in [-0.2, 0) is 15.9 Å². The van der Waals surface area contributed by atoms with E-state index in [2.05, 4.69) is 0 Å². The lowest BCUT2D eigenvalue weighted by Crippen LogP contribution is -2.22. The average molecular weight is 240 g/mol. The third kappa shape index (κ3) is 5.68. The zero-order valence-electron chi connectivity index (χ0n) is 10.4. The topological polar surface area (TPSA) is 47.9 Å². The third-order valence-electron chi connectivity index (χ3n) is 2.32. The summed E-state index contributed by atoms with van der Waals surface area (Å²) in [5.74, 6) is 0.751. The van der Waals surface area contributed by atoms with E-state index in [4.69, 9.17) is 14.2 Å². The fourth-order valence-corrected chi connectivity index (χ4v) is 1.41. The maximum atomic E-state index is 9.41. The second-order valence-electron chi connectivity index (χ2n) is 3.81. The number of aliphatic hydroxyl groups is 1. The molecule has 17 heavy (non-hydrogen) atoms. The molecule has 1 aromatic rings. The zero-order valence-corrected chi connectivity index (χ0v) is 10.4. The van der Waals surface area contributed by atoms with Crippen molar-refractivity contribution in [1.29, 1.82) is 0 Å². The Kier molecular flexibility index (Phi) is 6.62. The molecule has 0 saturated carbocycles. The van der Waals surface area contributed by atoms with Crippen LogP contribution in [0.1, 0.15) is 5.56 Å². The van der Waals surface area contributed by atoms with Crippen LogP contribution in [0.3, 0.4) is 0 Å². The molecule has 0 fully saturated rings. The number of ether oxygens (including phenoxy) is 3. The van der Waals surface area contributed by atoms with Crippen LogP contribution in [0.25, 0.3) is 0 Å². The lowest BCUT2D eigenvalue weighted by molar-refractivity contribution is 0.0325. The molecule has 1 N–H and O–H groups in total. The summed E-state index contributed by atoms with van der Waals surface area (Å²) in [4.78, 5) is 0. The van der Waals surface area contributed by atoms with E-state index >= 15 is 0 Å². The number of benzene rings is 1. The summed E-state index contributed by atoms with van der Waals surface area (Å²) in [7, 11) is 3.24. The Hall–Kier alpha value is -1.10. The largest absolute Gasteiger partial charge is 0.491 e. The van der Waals surface area contributed by atoms with Crippen molar-refractivity contribution < 1.29 is 19.3 Å². The number of methoxy groups -OCH3 is 2. The van der Waals surface area contributed by atoms with E-state index in [-0.39, 0.29) is 13.2 Å². The molecule has 0 heterocycles. The minimum atomic E-state index is -0.590. The molecule has 1 rings (SSSR count). The summed E-state index contributed by atoms with van der Waals surface area (Å²) in [5, 5.41) is 9.41. The van der Waals surface area contributed by atoms with E-state index < -0.39 is 6.10 Å². The number of hydrogen-bond acceptors (Lipinski definition) is 4. The molecule has 0 aromatic heterocycles. The fraction of sp³-hybridized carbons (Fsp3) is 0.538. The van der Waals surface area contributed by atoms with Gasteiger partial charge in [0.1, 0.15) is 18.5 Å². The minimum Gasteiger partial charge on any atom is -0.491 e. The Morgan fingerprint density at radius 1 is 1.06 bits per heavy atom. The molecular weight excluding hydrogens is 220 g/mol. The molecule has 0 radical (unpaired) electrons. The highest BCUT2D eigenvalue weighted by molar-refractivity contribution is 5.27. The van der Waals surface area contributed by atoms with E-state index in [1.165, 1.54) is 5.56 Å². The normalized spacial score (nSPS) is 12.4. The number of hydrogen-bond donors (Lipinski definition) is 1. The molecule has 0 amide bonds. The van der Waals surface area contributed by atoms with Gasteiger partial charge in [0, 0.05) is 14.2 Å². The van der Waals surface area contributed by atoms with Crippen molar-refractivity contribution in [3.8, 4) is 5.75 Å². The van der Waals surface area contributed by atoms with Crippen LogP contribution in [0.4, 0.5) is 0 Å². The summed E-state index contributed by atoms with van der Waals surface area (Å²) < 4.78 is 15.2. The first kappa shape index (κ1) is 14.0. The van der Waals surface area contributed by atoms with Crippen LogP contribution < -0.4 is 4.74 Å². The standard InChI is InChI=1S/C13H20O4/c1-15-8-7-11-3-5-13(6-4-11)17-10-12(14)9-16-2/h3-6,12,14H,7-10H2,1-2H3. The van der Waals surface area contributed by atoms with Crippen LogP contribution in [0.5, 0.6) is 5.75 Å². The summed E-state index contributed by atoms with van der Waals surface area (Å²) in [5.41, 5.74) is 1.21. The van der Waals surface area contributed by atoms with E-state index in [1.54, 1.807) is 14.2 Å². The lowest BCUT2D eigenvalue weighted by Gasteiger charge is -2.11. The Bertz CT molecular complexity index is 297. The third-order valence-corrected chi connectivity index (χ3v) is 2.32. The second kappa shape index (κ2) is 8.06. The van der Waals surface area contributed by atoms with Gasteiger partial charge in [-0.15, -0.1) is 0 Å². The summed E-state index contributed by atoms with van der Waals surface area (Å²) in [6.45, 7) is 1.24. The first-order chi connectivity index (χ1) is 8.26. The molecule has 1 unspecified atom stereocenters. The first-order valence-electron chi connectivity index (χ1n) is 5.64. The van der Waals surface area contributed by atoms with E-state index in [0.29, 0.717) is 6.61 Å². The minimum absolute atomic E-state index is 0.241. The van der Waals surface area contributed by atoms with Gasteiger partial charge in [-0.3, -0.25) is 0 Å². The van der Waals surface area contributed by atoms with Gasteiger partial charge >= 0.3 is 0 Å². The molecule has 0 spiro atoms. The molecular formula is C13H20O4. The number of aliphatic hydroxyl groups excluding tert-OH is 1. The Balaban J connectivity index is 2.34. The molecule has 96 valence electrons. The van der Waals surface area contributed by atoms with Gasteiger partial charge in [-0.1, -0.05) is 12.1 Å². The maximum Gasteiger partial charge on any atom is 0.119 e. The van der Waals surface area contributed by atoms with Crippen LogP contribution in [-0.4, -0.2) is 45.3 Å². The van der Waals surface area contributed by atoms with E-state index in [9.17, 15) is 5.11 Å². The van der Waals surface area contributed by atoms with Crippen molar-refractivity contribution in [3.63, 3.8) is 0 Å². The predicted octanol–water partition coefficient (Wildman–Crippen LogP) is 1.26. The van der Waals surface area contributed by atoms with Gasteiger partial charge in [0.2, 0.25) is 0 Å². The summed E-state index contributed by atoms with van der Waals surface area (Å²) >= 11 is 0. The zero-order chi connectivity index (χ0) is 12.5. The van der Waals surface area contributed by atoms with Gasteiger partial charge in [-0.25, -0.2) is 0 Å². The smallest absolute Gasteiger partial charge is 0.119 e. The fourth-order valence-electron chi connectivity index (χ4n) is 1.41. The number of rotatable bonds is 8. The predicted molar refractivity (Wildman–Crippen MR) is 65.4 cm³/mol. The van der Waals surface area contributed by atoms with Crippen molar-refractivity contribution in [2.24, 2.45) is 0 Å². The second-order valence-corrected chi connectivity index (χ2v) is 3.81. The van der Waals surface area contributed by atoms with Crippen molar-refractivity contribution >= 4 is 0 Å². The Morgan fingerprint density at radius 3 is 2.35 bits per heavy atom. The van der Waals surface area contributed by atoms with Gasteiger partial charge in [0.25, 0.3) is 0 Å². The molecule has 0 aliphatic rings. The Morgan fingerprint density at radius 2 is 1.76 bits per heavy atom. The summed E-state index contributed by atoms with van der Waals surface area (Å²) in [6.07, 6.45) is 0.302. The van der Waals surface area contributed by atoms with Crippen molar-refractivity contribution in [2.75, 3.05) is 34.0 Å². The molecule has 1 aromatic carbocycles. The van der Waals surface area contributed by atoms with Crippen molar-refractivity contribution in [1.82, 2.24) is 0 Å². The molecule has 4 heteroatoms. The van der Waals surface area contributed by atoms with Gasteiger partial charge < -0.3 is 19.3 Å². The van der Waals surface area contributed by atoms with Gasteiger partial charge in [0.15, 0.2) is 0 Å². The lowest BCUT2D eigenvalue weighted by atomic mass is 10.1. The van der Waals surface area contributed by atoms with E-state index in [0.717, 1.165) is 12.2 Å². The van der Waals surface area contributed by atoms with Gasteiger partial charge in [-0.05, 0) is 24.1 Å². The molecule has 0 aliphatic heterocycles. The Labute approximate surface area is 102 Å². The molecule has 4 nitrogen and oxygen atoms in total. The molecule has 0 saturated heterocycles. The van der Waals surface area contributed by atoms with E-state index in [1.807, 2.05) is 24.3 Å². The summed E-state index contributed by atoms with van der Waals surface area (Å²) in [6, 6.07) is 7.78. The monoisotopic (exact) mass is 240 g/mol. The van der Waals surface area contributed by atoms with Gasteiger partial charge in [-0.2, -0.15) is 0 Å². The average Bonchev–Trinajstić information content (AvgIpc) is 2.35. The molecule has 0 aliphatic carbocycles. The molecule has 1 atom stereocenters. The highest BCUT2D eigenvalue weighted by atomic mass is 16.5. The van der Waals surface area contributed by atoms with Crippen LogP contribution in [0.15, 0.2) is 24.3 Å². The van der Waals surface area contributed by atoms with Crippen LogP contribution >= 0.6 is 0 Å². The molecule has 0 bridgehead atoms. The highest BCUT2D eigenvalue weighted by Crippen LogP contribution is 2.12.